The molecule has 0 saturated heterocycles. The maximum atomic E-state index is 12.6. The normalized spacial score (nSPS) is 12.0. The summed E-state index contributed by atoms with van der Waals surface area (Å²) in [6, 6.07) is 13.2. The van der Waals surface area contributed by atoms with E-state index in [1.165, 1.54) is 31.3 Å². The number of ether oxygens (including phenoxy) is 1. The number of Topliss-reactive ketones (excluding diaryl/α,β-unsaturated/α-hetero) is 1. The van der Waals surface area contributed by atoms with E-state index in [9.17, 15) is 14.4 Å². The average Bonchev–Trinajstić information content (AvgIpc) is 3.35. The monoisotopic (exact) mass is 485 g/mol. The van der Waals surface area contributed by atoms with Crippen LogP contribution in [-0.4, -0.2) is 33.5 Å². The number of nitrogens with zero attached hydrogens (tertiary/aromatic N) is 2. The van der Waals surface area contributed by atoms with Crippen LogP contribution in [0, 0.1) is 6.92 Å². The van der Waals surface area contributed by atoms with Crippen molar-refractivity contribution in [2.24, 2.45) is 0 Å². The molecule has 1 unspecified atom stereocenters. The number of benzene rings is 1. The van der Waals surface area contributed by atoms with Crippen LogP contribution < -0.4 is 5.32 Å². The molecule has 7 nitrogen and oxygen atoms in total. The number of nitrogens with one attached hydrogen (secondary N) is 1. The first-order valence-electron chi connectivity index (χ1n) is 10.3. The molecule has 1 amide bonds. The van der Waals surface area contributed by atoms with Gasteiger partial charge < -0.3 is 10.1 Å². The van der Waals surface area contributed by atoms with Crippen LogP contribution in [0.4, 0.5) is 0 Å². The molecule has 3 aromatic rings. The number of esters is 1. The number of carbonyl (C=O) groups excluding carboxylic acids is 3. The second-order valence-corrected chi connectivity index (χ2v) is 8.91. The van der Waals surface area contributed by atoms with Crippen molar-refractivity contribution in [3.05, 3.63) is 80.3 Å². The summed E-state index contributed by atoms with van der Waals surface area (Å²) in [6.07, 6.45) is 1.83. The van der Waals surface area contributed by atoms with E-state index in [2.05, 4.69) is 10.4 Å². The number of ketones is 1. The van der Waals surface area contributed by atoms with Crippen LogP contribution in [0.25, 0.3) is 6.08 Å². The van der Waals surface area contributed by atoms with Gasteiger partial charge in [0.1, 0.15) is 5.15 Å². The van der Waals surface area contributed by atoms with E-state index in [-0.39, 0.29) is 11.7 Å². The number of thiophene rings is 1. The lowest BCUT2D eigenvalue weighted by atomic mass is 10.2. The zero-order chi connectivity index (χ0) is 24.0. The molecule has 172 valence electrons. The fraction of sp³-hybridized carbons (Fsp3) is 0.250. The predicted molar refractivity (Wildman–Crippen MR) is 128 cm³/mol. The summed E-state index contributed by atoms with van der Waals surface area (Å²) in [6.45, 7) is 5.62. The third-order valence-electron chi connectivity index (χ3n) is 4.75. The van der Waals surface area contributed by atoms with E-state index in [1.807, 2.05) is 30.3 Å². The molecule has 0 aliphatic heterocycles. The lowest BCUT2D eigenvalue weighted by Gasteiger charge is -2.09. The van der Waals surface area contributed by atoms with Crippen LogP contribution in [0.5, 0.6) is 0 Å². The molecule has 0 fully saturated rings. The molecule has 1 atom stereocenters. The quantitative estimate of drug-likeness (QED) is 0.275. The maximum absolute atomic E-state index is 12.6. The maximum Gasteiger partial charge on any atom is 0.331 e. The summed E-state index contributed by atoms with van der Waals surface area (Å²) in [5, 5.41) is 7.53. The molecule has 2 heterocycles. The van der Waals surface area contributed by atoms with Crippen molar-refractivity contribution in [3.8, 4) is 0 Å². The summed E-state index contributed by atoms with van der Waals surface area (Å²) in [5.74, 6) is -1.11. The number of rotatable bonds is 9. The highest BCUT2D eigenvalue weighted by atomic mass is 35.5. The van der Waals surface area contributed by atoms with Crippen molar-refractivity contribution >= 4 is 46.7 Å². The van der Waals surface area contributed by atoms with E-state index in [0.717, 1.165) is 10.4 Å². The van der Waals surface area contributed by atoms with E-state index in [1.54, 1.807) is 29.8 Å². The molecule has 0 aliphatic rings. The Morgan fingerprint density at radius 2 is 1.94 bits per heavy atom. The highest BCUT2D eigenvalue weighted by molar-refractivity contribution is 7.14. The van der Waals surface area contributed by atoms with Crippen molar-refractivity contribution in [2.45, 2.75) is 40.0 Å². The van der Waals surface area contributed by atoms with Crippen molar-refractivity contribution < 1.29 is 19.1 Å². The van der Waals surface area contributed by atoms with Gasteiger partial charge in [-0.25, -0.2) is 9.48 Å². The molecular weight excluding hydrogens is 462 g/mol. The molecule has 0 radical (unpaired) electrons. The van der Waals surface area contributed by atoms with Gasteiger partial charge in [-0.15, -0.1) is 11.3 Å². The fourth-order valence-corrected chi connectivity index (χ4v) is 4.32. The SMILES string of the molecule is CC(=O)NCc1ccc(C(=O)C(C)OC(=O)/C=C/c2c(C)nn(Cc3ccccc3)c2Cl)s1. The highest BCUT2D eigenvalue weighted by Crippen LogP contribution is 2.23. The van der Waals surface area contributed by atoms with Gasteiger partial charge in [-0.3, -0.25) is 9.59 Å². The van der Waals surface area contributed by atoms with Crippen LogP contribution in [0.1, 0.15) is 45.2 Å². The number of aryl methyl sites for hydroxylation is 1. The van der Waals surface area contributed by atoms with Crippen LogP contribution >= 0.6 is 22.9 Å². The van der Waals surface area contributed by atoms with Crippen LogP contribution in [0.15, 0.2) is 48.5 Å². The zero-order valence-corrected chi connectivity index (χ0v) is 20.1. The lowest BCUT2D eigenvalue weighted by molar-refractivity contribution is -0.140. The number of aromatic nitrogens is 2. The van der Waals surface area contributed by atoms with Gasteiger partial charge >= 0.3 is 5.97 Å². The minimum Gasteiger partial charge on any atom is -0.451 e. The molecule has 0 aliphatic carbocycles. The molecule has 33 heavy (non-hydrogen) atoms. The second-order valence-electron chi connectivity index (χ2n) is 7.39. The second kappa shape index (κ2) is 11.1. The Kier molecular flexibility index (Phi) is 8.19. The minimum atomic E-state index is -0.952. The van der Waals surface area contributed by atoms with Crippen molar-refractivity contribution in [1.29, 1.82) is 0 Å². The number of carbonyl (C=O) groups is 3. The first kappa shape index (κ1) is 24.4. The Balaban J connectivity index is 1.60. The van der Waals surface area contributed by atoms with Gasteiger partial charge in [0.2, 0.25) is 11.7 Å². The van der Waals surface area contributed by atoms with Crippen molar-refractivity contribution in [2.75, 3.05) is 0 Å². The molecular formula is C24H24ClN3O4S. The summed E-state index contributed by atoms with van der Waals surface area (Å²) in [7, 11) is 0. The molecule has 1 aromatic carbocycles. The lowest BCUT2D eigenvalue weighted by Crippen LogP contribution is -2.22. The smallest absolute Gasteiger partial charge is 0.331 e. The average molecular weight is 486 g/mol. The molecule has 0 saturated carbocycles. The molecule has 0 bridgehead atoms. The Morgan fingerprint density at radius 1 is 1.21 bits per heavy atom. The highest BCUT2D eigenvalue weighted by Gasteiger charge is 2.21. The van der Waals surface area contributed by atoms with Gasteiger partial charge in [0, 0.05) is 23.4 Å². The zero-order valence-electron chi connectivity index (χ0n) is 18.5. The van der Waals surface area contributed by atoms with Gasteiger partial charge in [-0.05, 0) is 37.6 Å². The van der Waals surface area contributed by atoms with E-state index >= 15 is 0 Å². The topological polar surface area (TPSA) is 90.3 Å². The molecule has 2 aromatic heterocycles. The first-order chi connectivity index (χ1) is 15.7. The molecule has 0 spiro atoms. The molecule has 3 rings (SSSR count). The number of halogens is 1. The van der Waals surface area contributed by atoms with E-state index in [0.29, 0.717) is 34.4 Å². The van der Waals surface area contributed by atoms with Gasteiger partial charge in [0.15, 0.2) is 6.10 Å². The number of hydrogen-bond donors (Lipinski definition) is 1. The summed E-state index contributed by atoms with van der Waals surface area (Å²) >= 11 is 7.72. The number of amides is 1. The number of hydrogen-bond acceptors (Lipinski definition) is 6. The van der Waals surface area contributed by atoms with Gasteiger partial charge in [-0.2, -0.15) is 5.10 Å². The van der Waals surface area contributed by atoms with Crippen LogP contribution in [0.2, 0.25) is 5.15 Å². The Hall–Kier alpha value is -3.23. The Labute approximate surface area is 201 Å². The summed E-state index contributed by atoms with van der Waals surface area (Å²) in [5.41, 5.74) is 2.34. The van der Waals surface area contributed by atoms with Crippen molar-refractivity contribution in [1.82, 2.24) is 15.1 Å². The standard InChI is InChI=1S/C24H24ClN3O4S/c1-15-20(24(25)28(27-15)14-18-7-5-4-6-8-18)10-12-22(30)32-16(2)23(31)21-11-9-19(33-21)13-26-17(3)29/h4-12,16H,13-14H2,1-3H3,(H,26,29)/b12-10+. The predicted octanol–water partition coefficient (Wildman–Crippen LogP) is 4.42. The van der Waals surface area contributed by atoms with Gasteiger partial charge in [0.25, 0.3) is 0 Å². The third kappa shape index (κ3) is 6.63. The van der Waals surface area contributed by atoms with Gasteiger partial charge in [0.05, 0.1) is 23.7 Å². The fourth-order valence-electron chi connectivity index (χ4n) is 3.05. The summed E-state index contributed by atoms with van der Waals surface area (Å²) < 4.78 is 6.93. The minimum absolute atomic E-state index is 0.147. The largest absolute Gasteiger partial charge is 0.451 e. The van der Waals surface area contributed by atoms with Gasteiger partial charge in [-0.1, -0.05) is 41.9 Å². The summed E-state index contributed by atoms with van der Waals surface area (Å²) in [4.78, 5) is 37.2. The van der Waals surface area contributed by atoms with E-state index < -0.39 is 12.1 Å². The van der Waals surface area contributed by atoms with Crippen LogP contribution in [-0.2, 0) is 27.4 Å². The molecule has 1 N–H and O–H groups in total. The first-order valence-corrected chi connectivity index (χ1v) is 11.5. The van der Waals surface area contributed by atoms with E-state index in [4.69, 9.17) is 16.3 Å². The Morgan fingerprint density at radius 3 is 2.64 bits per heavy atom. The third-order valence-corrected chi connectivity index (χ3v) is 6.25. The Bertz CT molecular complexity index is 1180. The van der Waals surface area contributed by atoms with Crippen LogP contribution in [0.3, 0.4) is 0 Å². The molecule has 9 heteroatoms. The van der Waals surface area contributed by atoms with Crippen molar-refractivity contribution in [3.63, 3.8) is 0 Å².